The highest BCUT2D eigenvalue weighted by atomic mass is 15.1. The molecule has 64 valence electrons. The van der Waals surface area contributed by atoms with E-state index in [9.17, 15) is 0 Å². The maximum absolute atomic E-state index is 8.41. The summed E-state index contributed by atoms with van der Waals surface area (Å²) in [7, 11) is 4.14. The van der Waals surface area contributed by atoms with E-state index in [0.29, 0.717) is 18.4 Å². The van der Waals surface area contributed by atoms with Crippen molar-refractivity contribution in [1.82, 2.24) is 4.90 Å². The van der Waals surface area contributed by atoms with Crippen LogP contribution in [0.25, 0.3) is 0 Å². The molecule has 0 radical (unpaired) electrons. The van der Waals surface area contributed by atoms with E-state index < -0.39 is 0 Å². The Morgan fingerprint density at radius 3 is 2.18 bits per heavy atom. The first kappa shape index (κ1) is 10.4. The fourth-order valence-corrected chi connectivity index (χ4v) is 1.40. The molecule has 0 N–H and O–H groups in total. The summed E-state index contributed by atoms with van der Waals surface area (Å²) in [5.41, 5.74) is 0. The van der Waals surface area contributed by atoms with E-state index in [2.05, 4.69) is 38.9 Å². The molecule has 0 aromatic rings. The van der Waals surface area contributed by atoms with Crippen molar-refractivity contribution in [2.24, 2.45) is 5.92 Å². The summed E-state index contributed by atoms with van der Waals surface area (Å²) >= 11 is 0. The molecule has 1 atom stereocenters. The van der Waals surface area contributed by atoms with Crippen LogP contribution in [0.4, 0.5) is 0 Å². The van der Waals surface area contributed by atoms with Crippen LogP contribution in [0.5, 0.6) is 0 Å². The highest BCUT2D eigenvalue weighted by molar-refractivity contribution is 4.77. The Hall–Kier alpha value is -0.550. The second-order valence-electron chi connectivity index (χ2n) is 3.47. The lowest BCUT2D eigenvalue weighted by Crippen LogP contribution is -2.32. The van der Waals surface area contributed by atoms with Gasteiger partial charge in [-0.1, -0.05) is 13.8 Å². The third-order valence-electron chi connectivity index (χ3n) is 1.98. The van der Waals surface area contributed by atoms with Gasteiger partial charge in [0.2, 0.25) is 0 Å². The van der Waals surface area contributed by atoms with Gasteiger partial charge in [0.1, 0.15) is 0 Å². The third kappa shape index (κ3) is 4.00. The van der Waals surface area contributed by atoms with Crippen LogP contribution >= 0.6 is 0 Å². The standard InChI is InChI=1S/C9H18N2/c1-8(2)9(11(3)4)6-5-7-10/h8-9H,5-6H2,1-4H3. The lowest BCUT2D eigenvalue weighted by Gasteiger charge is -2.26. The largest absolute Gasteiger partial charge is 0.306 e. The molecule has 0 aromatic carbocycles. The highest BCUT2D eigenvalue weighted by Crippen LogP contribution is 2.12. The van der Waals surface area contributed by atoms with Gasteiger partial charge in [-0.05, 0) is 26.4 Å². The first-order chi connectivity index (χ1) is 5.09. The number of hydrogen-bond acceptors (Lipinski definition) is 2. The van der Waals surface area contributed by atoms with Crippen molar-refractivity contribution in [2.75, 3.05) is 14.1 Å². The van der Waals surface area contributed by atoms with Crippen molar-refractivity contribution >= 4 is 0 Å². The summed E-state index contributed by atoms with van der Waals surface area (Å²) < 4.78 is 0. The molecule has 0 aliphatic heterocycles. The fraction of sp³-hybridized carbons (Fsp3) is 0.889. The molecule has 0 aliphatic rings. The van der Waals surface area contributed by atoms with Gasteiger partial charge in [0.05, 0.1) is 6.07 Å². The predicted octanol–water partition coefficient (Wildman–Crippen LogP) is 1.88. The Labute approximate surface area is 69.8 Å². The second-order valence-corrected chi connectivity index (χ2v) is 3.47. The van der Waals surface area contributed by atoms with Crippen LogP contribution in [0.3, 0.4) is 0 Å². The monoisotopic (exact) mass is 154 g/mol. The van der Waals surface area contributed by atoms with Crippen LogP contribution in [-0.4, -0.2) is 25.0 Å². The molecule has 0 amide bonds. The van der Waals surface area contributed by atoms with Gasteiger partial charge in [0, 0.05) is 12.5 Å². The summed E-state index contributed by atoms with van der Waals surface area (Å²) in [4.78, 5) is 2.20. The maximum atomic E-state index is 8.41. The molecule has 0 aromatic heterocycles. The molecule has 0 spiro atoms. The van der Waals surface area contributed by atoms with Gasteiger partial charge in [-0.2, -0.15) is 5.26 Å². The molecule has 0 aliphatic carbocycles. The van der Waals surface area contributed by atoms with Crippen molar-refractivity contribution < 1.29 is 0 Å². The average Bonchev–Trinajstić information content (AvgIpc) is 1.87. The zero-order chi connectivity index (χ0) is 8.85. The van der Waals surface area contributed by atoms with Gasteiger partial charge in [0.25, 0.3) is 0 Å². The van der Waals surface area contributed by atoms with Crippen molar-refractivity contribution in [2.45, 2.75) is 32.7 Å². The summed E-state index contributed by atoms with van der Waals surface area (Å²) in [6.07, 6.45) is 1.65. The Morgan fingerprint density at radius 2 is 1.91 bits per heavy atom. The first-order valence-corrected chi connectivity index (χ1v) is 4.13. The smallest absolute Gasteiger partial charge is 0.0622 e. The van der Waals surface area contributed by atoms with E-state index in [-0.39, 0.29) is 0 Å². The number of rotatable bonds is 4. The summed E-state index contributed by atoms with van der Waals surface area (Å²) in [5.74, 6) is 0.637. The van der Waals surface area contributed by atoms with E-state index in [1.165, 1.54) is 0 Å². The van der Waals surface area contributed by atoms with E-state index in [4.69, 9.17) is 5.26 Å². The molecule has 1 unspecified atom stereocenters. The third-order valence-corrected chi connectivity index (χ3v) is 1.98. The molecule has 0 saturated heterocycles. The highest BCUT2D eigenvalue weighted by Gasteiger charge is 2.14. The van der Waals surface area contributed by atoms with Gasteiger partial charge >= 0.3 is 0 Å². The lowest BCUT2D eigenvalue weighted by atomic mass is 9.99. The van der Waals surface area contributed by atoms with Crippen molar-refractivity contribution in [3.05, 3.63) is 0 Å². The molecular weight excluding hydrogens is 136 g/mol. The zero-order valence-corrected chi connectivity index (χ0v) is 7.96. The Kier molecular flexibility index (Phi) is 4.89. The van der Waals surface area contributed by atoms with E-state index in [0.717, 1.165) is 6.42 Å². The van der Waals surface area contributed by atoms with E-state index in [1.54, 1.807) is 0 Å². The molecule has 2 nitrogen and oxygen atoms in total. The number of hydrogen-bond donors (Lipinski definition) is 0. The van der Waals surface area contributed by atoms with E-state index in [1.807, 2.05) is 0 Å². The van der Waals surface area contributed by atoms with Gasteiger partial charge in [-0.15, -0.1) is 0 Å². The second kappa shape index (κ2) is 5.15. The topological polar surface area (TPSA) is 27.0 Å². The fourth-order valence-electron chi connectivity index (χ4n) is 1.40. The van der Waals surface area contributed by atoms with Crippen LogP contribution in [0.2, 0.25) is 0 Å². The van der Waals surface area contributed by atoms with Crippen LogP contribution < -0.4 is 0 Å². The van der Waals surface area contributed by atoms with Crippen molar-refractivity contribution in [3.8, 4) is 6.07 Å². The van der Waals surface area contributed by atoms with Gasteiger partial charge in [0.15, 0.2) is 0 Å². The first-order valence-electron chi connectivity index (χ1n) is 4.13. The number of nitriles is 1. The lowest BCUT2D eigenvalue weighted by molar-refractivity contribution is 0.220. The molecule has 0 fully saturated rings. The van der Waals surface area contributed by atoms with Gasteiger partial charge in [-0.25, -0.2) is 0 Å². The van der Waals surface area contributed by atoms with Crippen molar-refractivity contribution in [1.29, 1.82) is 5.26 Å². The summed E-state index contributed by atoms with van der Waals surface area (Å²) in [6.45, 7) is 4.39. The minimum absolute atomic E-state index is 0.551. The minimum Gasteiger partial charge on any atom is -0.306 e. The molecule has 0 saturated carbocycles. The maximum Gasteiger partial charge on any atom is 0.0622 e. The van der Waals surface area contributed by atoms with Gasteiger partial charge < -0.3 is 4.90 Å². The zero-order valence-electron chi connectivity index (χ0n) is 7.96. The normalized spacial score (nSPS) is 13.5. The quantitative estimate of drug-likeness (QED) is 0.618. The summed E-state index contributed by atoms with van der Waals surface area (Å²) in [5, 5.41) is 8.41. The minimum atomic E-state index is 0.551. The Morgan fingerprint density at radius 1 is 1.36 bits per heavy atom. The molecule has 0 heterocycles. The van der Waals surface area contributed by atoms with Crippen LogP contribution in [0.15, 0.2) is 0 Å². The van der Waals surface area contributed by atoms with Crippen LogP contribution in [-0.2, 0) is 0 Å². The average molecular weight is 154 g/mol. The van der Waals surface area contributed by atoms with Crippen LogP contribution in [0, 0.1) is 17.2 Å². The molecule has 11 heavy (non-hydrogen) atoms. The van der Waals surface area contributed by atoms with Crippen molar-refractivity contribution in [3.63, 3.8) is 0 Å². The predicted molar refractivity (Wildman–Crippen MR) is 47.2 cm³/mol. The van der Waals surface area contributed by atoms with Gasteiger partial charge in [-0.3, -0.25) is 0 Å². The molecule has 2 heteroatoms. The molecule has 0 rings (SSSR count). The molecular formula is C9H18N2. The SMILES string of the molecule is CC(C)C(CCC#N)N(C)C. The number of nitrogens with zero attached hydrogens (tertiary/aromatic N) is 2. The van der Waals surface area contributed by atoms with Crippen LogP contribution in [0.1, 0.15) is 26.7 Å². The summed E-state index contributed by atoms with van der Waals surface area (Å²) in [6, 6.07) is 2.73. The van der Waals surface area contributed by atoms with E-state index >= 15 is 0 Å². The Balaban J connectivity index is 3.82. The molecule has 0 bridgehead atoms. The Bertz CT molecular complexity index is 125.